The number of hydrogen-bond donors (Lipinski definition) is 1. The predicted molar refractivity (Wildman–Crippen MR) is 69.4 cm³/mol. The Labute approximate surface area is 122 Å². The van der Waals surface area contributed by atoms with Gasteiger partial charge in [0.2, 0.25) is 0 Å². The number of nitrogens with one attached hydrogen (secondary N) is 1. The standard InChI is InChI=1S/C12H13F3N4O3/c1-7(6-22-4-2-3-20)19-8-5-16-17-11(21)9(8)10(18-19)12(13,14)15/h3,5,7H,2,4,6H2,1H3,(H,17,21). The van der Waals surface area contributed by atoms with E-state index in [2.05, 4.69) is 10.2 Å². The van der Waals surface area contributed by atoms with Crippen molar-refractivity contribution >= 4 is 17.2 Å². The van der Waals surface area contributed by atoms with Crippen LogP contribution >= 0.6 is 0 Å². The number of hydrogen-bond acceptors (Lipinski definition) is 5. The van der Waals surface area contributed by atoms with Gasteiger partial charge in [0, 0.05) is 6.42 Å². The van der Waals surface area contributed by atoms with Crippen molar-refractivity contribution in [2.24, 2.45) is 0 Å². The largest absolute Gasteiger partial charge is 0.435 e. The lowest BCUT2D eigenvalue weighted by Crippen LogP contribution is -2.15. The van der Waals surface area contributed by atoms with Crippen molar-refractivity contribution in [3.8, 4) is 0 Å². The van der Waals surface area contributed by atoms with Gasteiger partial charge in [-0.1, -0.05) is 0 Å². The van der Waals surface area contributed by atoms with Gasteiger partial charge in [0.15, 0.2) is 5.69 Å². The van der Waals surface area contributed by atoms with Gasteiger partial charge in [-0.2, -0.15) is 23.4 Å². The number of halogens is 3. The molecule has 22 heavy (non-hydrogen) atoms. The fourth-order valence-corrected chi connectivity index (χ4v) is 1.99. The molecule has 0 radical (unpaired) electrons. The van der Waals surface area contributed by atoms with Crippen molar-refractivity contribution < 1.29 is 22.7 Å². The average Bonchev–Trinajstić information content (AvgIpc) is 2.84. The lowest BCUT2D eigenvalue weighted by Gasteiger charge is -2.13. The number of nitrogens with zero attached hydrogens (tertiary/aromatic N) is 3. The van der Waals surface area contributed by atoms with Gasteiger partial charge in [-0.05, 0) is 6.92 Å². The molecule has 0 fully saturated rings. The molecule has 0 spiro atoms. The Morgan fingerprint density at radius 3 is 2.86 bits per heavy atom. The number of rotatable bonds is 6. The van der Waals surface area contributed by atoms with Gasteiger partial charge in [-0.25, -0.2) is 5.10 Å². The van der Waals surface area contributed by atoms with E-state index in [-0.39, 0.29) is 25.2 Å². The second-order valence-corrected chi connectivity index (χ2v) is 4.63. The van der Waals surface area contributed by atoms with Gasteiger partial charge in [-0.3, -0.25) is 9.48 Å². The number of aldehydes is 1. The van der Waals surface area contributed by atoms with E-state index in [1.807, 2.05) is 5.10 Å². The Morgan fingerprint density at radius 2 is 2.23 bits per heavy atom. The summed E-state index contributed by atoms with van der Waals surface area (Å²) in [5.74, 6) is 0. The molecule has 120 valence electrons. The third-order valence-corrected chi connectivity index (χ3v) is 2.95. The Morgan fingerprint density at radius 1 is 1.50 bits per heavy atom. The van der Waals surface area contributed by atoms with E-state index in [0.29, 0.717) is 6.29 Å². The second-order valence-electron chi connectivity index (χ2n) is 4.63. The number of fused-ring (bicyclic) bond motifs is 1. The van der Waals surface area contributed by atoms with E-state index in [4.69, 9.17) is 4.74 Å². The van der Waals surface area contributed by atoms with Crippen molar-refractivity contribution in [3.63, 3.8) is 0 Å². The fourth-order valence-electron chi connectivity index (χ4n) is 1.99. The van der Waals surface area contributed by atoms with Gasteiger partial charge in [0.1, 0.15) is 11.7 Å². The summed E-state index contributed by atoms with van der Waals surface area (Å²) in [7, 11) is 0. The summed E-state index contributed by atoms with van der Waals surface area (Å²) in [5, 5.41) is 8.43. The molecular weight excluding hydrogens is 305 g/mol. The highest BCUT2D eigenvalue weighted by Gasteiger charge is 2.38. The maximum absolute atomic E-state index is 13.0. The van der Waals surface area contributed by atoms with E-state index in [1.54, 1.807) is 6.92 Å². The summed E-state index contributed by atoms with van der Waals surface area (Å²) in [6, 6.07) is -0.561. The van der Waals surface area contributed by atoms with Crippen LogP contribution in [0.25, 0.3) is 10.9 Å². The first-order valence-electron chi connectivity index (χ1n) is 6.40. The second kappa shape index (κ2) is 6.26. The van der Waals surface area contributed by atoms with Crippen molar-refractivity contribution in [1.29, 1.82) is 0 Å². The number of carbonyl (C=O) groups is 1. The molecule has 2 heterocycles. The maximum atomic E-state index is 13.0. The number of alkyl halides is 3. The molecule has 1 unspecified atom stereocenters. The average molecular weight is 318 g/mol. The molecule has 7 nitrogen and oxygen atoms in total. The first-order valence-corrected chi connectivity index (χ1v) is 6.40. The molecular formula is C12H13F3N4O3. The zero-order valence-electron chi connectivity index (χ0n) is 11.6. The van der Waals surface area contributed by atoms with Crippen LogP contribution in [-0.2, 0) is 15.7 Å². The van der Waals surface area contributed by atoms with E-state index in [0.717, 1.165) is 10.9 Å². The minimum atomic E-state index is -4.75. The summed E-state index contributed by atoms with van der Waals surface area (Å²) in [4.78, 5) is 21.8. The molecule has 2 aromatic heterocycles. The minimum absolute atomic E-state index is 0.0254. The van der Waals surface area contributed by atoms with Crippen LogP contribution in [0.4, 0.5) is 13.2 Å². The predicted octanol–water partition coefficient (Wildman–Crippen LogP) is 1.30. The first kappa shape index (κ1) is 16.1. The fraction of sp³-hybridized carbons (Fsp3) is 0.500. The number of aromatic amines is 1. The monoisotopic (exact) mass is 318 g/mol. The van der Waals surface area contributed by atoms with Gasteiger partial charge < -0.3 is 9.53 Å². The van der Waals surface area contributed by atoms with Gasteiger partial charge >= 0.3 is 6.18 Å². The zero-order valence-corrected chi connectivity index (χ0v) is 11.6. The first-order chi connectivity index (χ1) is 10.4. The molecule has 0 aliphatic heterocycles. The van der Waals surface area contributed by atoms with Gasteiger partial charge in [-0.15, -0.1) is 0 Å². The Bertz CT molecular complexity index is 722. The van der Waals surface area contributed by atoms with Crippen LogP contribution < -0.4 is 5.56 Å². The molecule has 0 aliphatic rings. The maximum Gasteiger partial charge on any atom is 0.435 e. The molecule has 0 aromatic carbocycles. The van der Waals surface area contributed by atoms with E-state index in [9.17, 15) is 22.8 Å². The molecule has 2 aromatic rings. The van der Waals surface area contributed by atoms with Crippen LogP contribution in [0, 0.1) is 0 Å². The lowest BCUT2D eigenvalue weighted by molar-refractivity contribution is -0.140. The lowest BCUT2D eigenvalue weighted by atomic mass is 10.2. The number of ether oxygens (including phenoxy) is 1. The Balaban J connectivity index is 2.40. The van der Waals surface area contributed by atoms with Crippen molar-refractivity contribution in [2.75, 3.05) is 13.2 Å². The molecule has 0 saturated heterocycles. The highest BCUT2D eigenvalue weighted by Crippen LogP contribution is 2.33. The number of H-pyrrole nitrogens is 1. The van der Waals surface area contributed by atoms with Crippen molar-refractivity contribution in [2.45, 2.75) is 25.6 Å². The van der Waals surface area contributed by atoms with Crippen LogP contribution in [0.1, 0.15) is 25.1 Å². The smallest absolute Gasteiger partial charge is 0.379 e. The summed E-state index contributed by atoms with van der Waals surface area (Å²) in [5.41, 5.74) is -2.24. The SMILES string of the molecule is CC(COCCC=O)n1nc(C(F)(F)F)c2c(=O)[nH]ncc21. The van der Waals surface area contributed by atoms with Crippen LogP contribution in [0.5, 0.6) is 0 Å². The summed E-state index contributed by atoms with van der Waals surface area (Å²) >= 11 is 0. The highest BCUT2D eigenvalue weighted by atomic mass is 19.4. The molecule has 10 heteroatoms. The zero-order chi connectivity index (χ0) is 16.3. The summed E-state index contributed by atoms with van der Waals surface area (Å²) < 4.78 is 45.3. The van der Waals surface area contributed by atoms with E-state index >= 15 is 0 Å². The normalized spacial score (nSPS) is 13.5. The van der Waals surface area contributed by atoms with Crippen LogP contribution in [0.15, 0.2) is 11.0 Å². The topological polar surface area (TPSA) is 89.9 Å². The minimum Gasteiger partial charge on any atom is -0.379 e. The van der Waals surface area contributed by atoms with Gasteiger partial charge in [0.25, 0.3) is 5.56 Å². The number of aromatic nitrogens is 4. The Kier molecular flexibility index (Phi) is 4.59. The third-order valence-electron chi connectivity index (χ3n) is 2.95. The molecule has 1 atom stereocenters. The highest BCUT2D eigenvalue weighted by molar-refractivity contribution is 5.80. The molecule has 0 saturated carbocycles. The Hall–Kier alpha value is -2.23. The van der Waals surface area contributed by atoms with Crippen LogP contribution in [-0.4, -0.2) is 39.5 Å². The van der Waals surface area contributed by atoms with E-state index < -0.39 is 28.9 Å². The van der Waals surface area contributed by atoms with Crippen molar-refractivity contribution in [1.82, 2.24) is 20.0 Å². The summed E-state index contributed by atoms with van der Waals surface area (Å²) in [6.45, 7) is 1.81. The van der Waals surface area contributed by atoms with Crippen LogP contribution in [0.2, 0.25) is 0 Å². The number of carbonyl (C=O) groups excluding carboxylic acids is 1. The molecule has 0 bridgehead atoms. The van der Waals surface area contributed by atoms with Crippen LogP contribution in [0.3, 0.4) is 0 Å². The van der Waals surface area contributed by atoms with Crippen molar-refractivity contribution in [3.05, 3.63) is 22.2 Å². The molecule has 0 amide bonds. The van der Waals surface area contributed by atoms with E-state index in [1.165, 1.54) is 0 Å². The summed E-state index contributed by atoms with van der Waals surface area (Å²) in [6.07, 6.45) is -2.77. The molecule has 0 aliphatic carbocycles. The third kappa shape index (κ3) is 3.16. The van der Waals surface area contributed by atoms with Gasteiger partial charge in [0.05, 0.1) is 31.0 Å². The molecule has 2 rings (SSSR count). The quantitative estimate of drug-likeness (QED) is 0.640. The molecule has 1 N–H and O–H groups in total.